The standard InChI is InChI=1S/C28H36F2N6O3/c1-16-9-20(15-32-14-16)34-23(10-17-4-5-17)27(39)36-21-6-7-22(28(29,30)12-21)24(36)26(38)35-19(13-31)11-18-3-2-8-33-25(18)37/h9,14-15,17-19,21-24,34H,2-8,10-12H2,1H3,(H,33,37)(H,35,38)/t18-,19+,21-,22-,23-,24-/m0/s1. The number of rotatable bonds is 9. The highest BCUT2D eigenvalue weighted by atomic mass is 19.3. The molecule has 5 fully saturated rings. The lowest BCUT2D eigenvalue weighted by molar-refractivity contribution is -0.194. The van der Waals surface area contributed by atoms with Crippen LogP contribution >= 0.6 is 0 Å². The van der Waals surface area contributed by atoms with Gasteiger partial charge in [0.2, 0.25) is 17.7 Å². The molecule has 39 heavy (non-hydrogen) atoms. The van der Waals surface area contributed by atoms with Crippen LogP contribution in [0.25, 0.3) is 0 Å². The molecule has 2 bridgehead atoms. The van der Waals surface area contributed by atoms with Gasteiger partial charge in [0.1, 0.15) is 18.1 Å². The molecular weight excluding hydrogens is 506 g/mol. The van der Waals surface area contributed by atoms with Gasteiger partial charge in [0.15, 0.2) is 0 Å². The molecule has 9 nitrogen and oxygen atoms in total. The fourth-order valence-electron chi connectivity index (χ4n) is 6.49. The topological polar surface area (TPSA) is 127 Å². The first kappa shape index (κ1) is 27.3. The molecule has 3 amide bonds. The van der Waals surface area contributed by atoms with Gasteiger partial charge in [-0.25, -0.2) is 8.78 Å². The van der Waals surface area contributed by atoms with Gasteiger partial charge < -0.3 is 20.9 Å². The van der Waals surface area contributed by atoms with Crippen LogP contribution in [-0.2, 0) is 14.4 Å². The quantitative estimate of drug-likeness (QED) is 0.440. The lowest BCUT2D eigenvalue weighted by Crippen LogP contribution is -2.70. The van der Waals surface area contributed by atoms with Crippen molar-refractivity contribution in [2.45, 2.75) is 94.8 Å². The van der Waals surface area contributed by atoms with Gasteiger partial charge in [-0.2, -0.15) is 5.26 Å². The predicted octanol–water partition coefficient (Wildman–Crippen LogP) is 2.91. The van der Waals surface area contributed by atoms with E-state index in [9.17, 15) is 19.6 Å². The van der Waals surface area contributed by atoms with Crippen molar-refractivity contribution < 1.29 is 23.2 Å². The summed E-state index contributed by atoms with van der Waals surface area (Å²) in [5.41, 5.74) is 1.58. The number of nitrogens with zero attached hydrogens (tertiary/aromatic N) is 3. The highest BCUT2D eigenvalue weighted by molar-refractivity contribution is 5.92. The summed E-state index contributed by atoms with van der Waals surface area (Å²) in [4.78, 5) is 45.5. The smallest absolute Gasteiger partial charge is 0.255 e. The molecule has 0 unspecified atom stereocenters. The van der Waals surface area contributed by atoms with Crippen LogP contribution in [0.4, 0.5) is 14.5 Å². The van der Waals surface area contributed by atoms with Crippen molar-refractivity contribution in [3.63, 3.8) is 0 Å². The van der Waals surface area contributed by atoms with Crippen LogP contribution in [0.15, 0.2) is 18.5 Å². The number of aryl methyl sites for hydroxylation is 1. The molecule has 1 aromatic rings. The number of nitriles is 1. The number of hydrogen-bond acceptors (Lipinski definition) is 6. The maximum atomic E-state index is 15.1. The second kappa shape index (κ2) is 11.1. The molecule has 0 radical (unpaired) electrons. The van der Waals surface area contributed by atoms with Gasteiger partial charge in [0.25, 0.3) is 5.92 Å². The van der Waals surface area contributed by atoms with Gasteiger partial charge in [0, 0.05) is 37.3 Å². The van der Waals surface area contributed by atoms with Crippen LogP contribution in [-0.4, -0.2) is 64.2 Å². The number of pyridine rings is 1. The van der Waals surface area contributed by atoms with E-state index in [0.717, 1.165) is 24.8 Å². The molecule has 6 atom stereocenters. The molecule has 3 saturated heterocycles. The van der Waals surface area contributed by atoms with Crippen LogP contribution < -0.4 is 16.0 Å². The summed E-state index contributed by atoms with van der Waals surface area (Å²) in [5.74, 6) is -5.77. The third kappa shape index (κ3) is 5.99. The van der Waals surface area contributed by atoms with Gasteiger partial charge >= 0.3 is 0 Å². The highest BCUT2D eigenvalue weighted by Crippen LogP contribution is 2.49. The van der Waals surface area contributed by atoms with Gasteiger partial charge in [0.05, 0.1) is 17.7 Å². The Morgan fingerprint density at radius 3 is 2.69 bits per heavy atom. The summed E-state index contributed by atoms with van der Waals surface area (Å²) in [6, 6.07) is 0.0543. The van der Waals surface area contributed by atoms with Crippen molar-refractivity contribution in [3.8, 4) is 6.07 Å². The third-order valence-electron chi connectivity index (χ3n) is 8.63. The van der Waals surface area contributed by atoms with Crippen LogP contribution in [0.1, 0.15) is 63.4 Å². The van der Waals surface area contributed by atoms with Crippen molar-refractivity contribution >= 4 is 23.4 Å². The lowest BCUT2D eigenvalue weighted by Gasteiger charge is -2.54. The van der Waals surface area contributed by atoms with E-state index < -0.39 is 54.3 Å². The average molecular weight is 543 g/mol. The van der Waals surface area contributed by atoms with E-state index in [1.54, 1.807) is 12.4 Å². The summed E-state index contributed by atoms with van der Waals surface area (Å²) in [7, 11) is 0. The Balaban J connectivity index is 1.38. The van der Waals surface area contributed by atoms with E-state index in [1.807, 2.05) is 19.1 Å². The first-order chi connectivity index (χ1) is 18.7. The van der Waals surface area contributed by atoms with Crippen molar-refractivity contribution in [2.24, 2.45) is 17.8 Å². The summed E-state index contributed by atoms with van der Waals surface area (Å²) in [5, 5.41) is 18.4. The van der Waals surface area contributed by atoms with Gasteiger partial charge in [-0.1, -0.05) is 12.8 Å². The number of fused-ring (bicyclic) bond motifs is 3. The van der Waals surface area contributed by atoms with Crippen LogP contribution in [0.5, 0.6) is 0 Å². The Kier molecular flexibility index (Phi) is 7.74. The van der Waals surface area contributed by atoms with Crippen molar-refractivity contribution in [1.29, 1.82) is 5.26 Å². The molecule has 3 aliphatic heterocycles. The van der Waals surface area contributed by atoms with Crippen molar-refractivity contribution in [2.75, 3.05) is 11.9 Å². The fourth-order valence-corrected chi connectivity index (χ4v) is 6.49. The summed E-state index contributed by atoms with van der Waals surface area (Å²) in [6.45, 7) is 2.47. The fraction of sp³-hybridized carbons (Fsp3) is 0.679. The minimum atomic E-state index is -3.09. The number of amides is 3. The Morgan fingerprint density at radius 2 is 2.03 bits per heavy atom. The van der Waals surface area contributed by atoms with E-state index >= 15 is 8.78 Å². The molecule has 0 spiro atoms. The first-order valence-corrected chi connectivity index (χ1v) is 14.0. The van der Waals surface area contributed by atoms with Crippen molar-refractivity contribution in [3.05, 3.63) is 24.0 Å². The summed E-state index contributed by atoms with van der Waals surface area (Å²) in [6.07, 6.45) is 7.42. The summed E-state index contributed by atoms with van der Waals surface area (Å²) >= 11 is 0. The second-order valence-corrected chi connectivity index (χ2v) is 11.7. The van der Waals surface area contributed by atoms with Crippen LogP contribution in [0, 0.1) is 36.0 Å². The van der Waals surface area contributed by atoms with Gasteiger partial charge in [-0.3, -0.25) is 19.4 Å². The third-order valence-corrected chi connectivity index (χ3v) is 8.63. The van der Waals surface area contributed by atoms with Gasteiger partial charge in [-0.05, 0) is 63.0 Å². The minimum Gasteiger partial charge on any atom is -0.372 e. The number of carbonyl (C=O) groups is 3. The van der Waals surface area contributed by atoms with Crippen LogP contribution in [0.3, 0.4) is 0 Å². The molecule has 2 aliphatic carbocycles. The molecule has 5 aliphatic rings. The second-order valence-electron chi connectivity index (χ2n) is 11.7. The number of hydrogen-bond donors (Lipinski definition) is 3. The Labute approximate surface area is 227 Å². The Morgan fingerprint density at radius 1 is 1.23 bits per heavy atom. The molecule has 1 aromatic heterocycles. The predicted molar refractivity (Wildman–Crippen MR) is 138 cm³/mol. The summed E-state index contributed by atoms with van der Waals surface area (Å²) < 4.78 is 30.3. The van der Waals surface area contributed by atoms with E-state index in [0.29, 0.717) is 37.4 Å². The SMILES string of the molecule is Cc1cncc(N[C@@H](CC2CC2)C(=O)N2[C@H]3CC[C@@H]([C@H]2C(=O)N[C@@H](C#N)C[C@@H]2CCCNC2=O)C(F)(F)C3)c1. The molecule has 4 heterocycles. The van der Waals surface area contributed by atoms with E-state index in [-0.39, 0.29) is 24.7 Å². The first-order valence-electron chi connectivity index (χ1n) is 14.0. The monoisotopic (exact) mass is 542 g/mol. The normalized spacial score (nSPS) is 29.1. The lowest BCUT2D eigenvalue weighted by atomic mass is 9.71. The zero-order valence-corrected chi connectivity index (χ0v) is 22.2. The highest BCUT2D eigenvalue weighted by Gasteiger charge is 2.61. The van der Waals surface area contributed by atoms with Crippen molar-refractivity contribution in [1.82, 2.24) is 20.5 Å². The molecule has 210 valence electrons. The largest absolute Gasteiger partial charge is 0.372 e. The number of nitrogens with one attached hydrogen (secondary N) is 3. The van der Waals surface area contributed by atoms with E-state index in [4.69, 9.17) is 0 Å². The zero-order valence-electron chi connectivity index (χ0n) is 22.2. The molecule has 2 saturated carbocycles. The zero-order chi connectivity index (χ0) is 27.7. The molecule has 0 aromatic carbocycles. The maximum Gasteiger partial charge on any atom is 0.255 e. The Hall–Kier alpha value is -3.29. The van der Waals surface area contributed by atoms with E-state index in [1.165, 1.54) is 4.90 Å². The number of carbonyl (C=O) groups excluding carboxylic acids is 3. The number of halogens is 2. The molecule has 11 heteroatoms. The minimum absolute atomic E-state index is 0.103. The molecular formula is C28H36F2N6O3. The number of alkyl halides is 2. The number of anilines is 1. The Bertz CT molecular complexity index is 1150. The van der Waals surface area contributed by atoms with E-state index in [2.05, 4.69) is 20.9 Å². The van der Waals surface area contributed by atoms with Gasteiger partial charge in [-0.15, -0.1) is 0 Å². The van der Waals surface area contributed by atoms with Crippen LogP contribution in [0.2, 0.25) is 0 Å². The molecule has 6 rings (SSSR count). The molecule has 3 N–H and O–H groups in total. The average Bonchev–Trinajstić information content (AvgIpc) is 3.72. The maximum absolute atomic E-state index is 15.1. The number of piperidine rings is 3. The number of aromatic nitrogens is 1.